The van der Waals surface area contributed by atoms with Crippen molar-refractivity contribution in [3.05, 3.63) is 59.7 Å². The summed E-state index contributed by atoms with van der Waals surface area (Å²) >= 11 is 0. The van der Waals surface area contributed by atoms with Gasteiger partial charge < -0.3 is 14.2 Å². The molecule has 0 radical (unpaired) electrons. The van der Waals surface area contributed by atoms with Crippen LogP contribution in [0.5, 0.6) is 11.5 Å². The van der Waals surface area contributed by atoms with Crippen LogP contribution in [0.3, 0.4) is 0 Å². The number of carbonyl (C=O) groups excluding carboxylic acids is 1. The van der Waals surface area contributed by atoms with Gasteiger partial charge in [-0.3, -0.25) is 0 Å². The molecule has 23 heavy (non-hydrogen) atoms. The summed E-state index contributed by atoms with van der Waals surface area (Å²) in [7, 11) is 1.56. The fraction of sp³-hybridized carbons (Fsp3) is 0.316. The monoisotopic (exact) mass is 314 g/mol. The highest BCUT2D eigenvalue weighted by atomic mass is 16.5. The summed E-state index contributed by atoms with van der Waals surface area (Å²) < 4.78 is 16.3. The Balaban J connectivity index is 2.00. The maximum atomic E-state index is 12.1. The molecule has 0 bridgehead atoms. The van der Waals surface area contributed by atoms with Gasteiger partial charge in [0.15, 0.2) is 11.5 Å². The summed E-state index contributed by atoms with van der Waals surface area (Å²) in [5.74, 6) is 0.795. The van der Waals surface area contributed by atoms with Crippen molar-refractivity contribution < 1.29 is 19.0 Å². The Bertz CT molecular complexity index is 623. The number of rotatable bonds is 8. The quantitative estimate of drug-likeness (QED) is 0.540. The van der Waals surface area contributed by atoms with Gasteiger partial charge in [-0.1, -0.05) is 43.7 Å². The van der Waals surface area contributed by atoms with Gasteiger partial charge in [-0.25, -0.2) is 4.79 Å². The number of ether oxygens (including phenoxy) is 3. The molecule has 0 saturated heterocycles. The molecule has 0 fully saturated rings. The minimum atomic E-state index is -0.382. The standard InChI is InChI=1S/C19H22O4/c1-3-4-12-22-17-11-10-16(13-18(17)21-2)19(20)23-14-15-8-6-5-7-9-15/h5-11,13H,3-4,12,14H2,1-2H3. The second-order valence-electron chi connectivity index (χ2n) is 5.13. The Morgan fingerprint density at radius 1 is 1.04 bits per heavy atom. The molecular weight excluding hydrogens is 292 g/mol. The van der Waals surface area contributed by atoms with E-state index >= 15 is 0 Å². The van der Waals surface area contributed by atoms with Crippen molar-refractivity contribution in [3.63, 3.8) is 0 Å². The van der Waals surface area contributed by atoms with E-state index in [9.17, 15) is 4.79 Å². The highest BCUT2D eigenvalue weighted by Crippen LogP contribution is 2.28. The number of hydrogen-bond donors (Lipinski definition) is 0. The number of esters is 1. The third-order valence-electron chi connectivity index (χ3n) is 3.37. The van der Waals surface area contributed by atoms with Crippen molar-refractivity contribution in [2.45, 2.75) is 26.4 Å². The maximum Gasteiger partial charge on any atom is 0.338 e. The summed E-state index contributed by atoms with van der Waals surface area (Å²) in [5, 5.41) is 0. The van der Waals surface area contributed by atoms with Crippen molar-refractivity contribution in [2.75, 3.05) is 13.7 Å². The van der Waals surface area contributed by atoms with Crippen molar-refractivity contribution in [3.8, 4) is 11.5 Å². The van der Waals surface area contributed by atoms with Crippen molar-refractivity contribution in [1.82, 2.24) is 0 Å². The molecular formula is C19H22O4. The minimum absolute atomic E-state index is 0.247. The Morgan fingerprint density at radius 2 is 1.83 bits per heavy atom. The average Bonchev–Trinajstić information content (AvgIpc) is 2.61. The first-order chi connectivity index (χ1) is 11.2. The summed E-state index contributed by atoms with van der Waals surface area (Å²) in [6.45, 7) is 2.98. The zero-order chi connectivity index (χ0) is 16.5. The van der Waals surface area contributed by atoms with Gasteiger partial charge >= 0.3 is 5.97 Å². The van der Waals surface area contributed by atoms with E-state index in [1.54, 1.807) is 25.3 Å². The molecule has 0 aliphatic carbocycles. The first-order valence-electron chi connectivity index (χ1n) is 7.76. The number of unbranched alkanes of at least 4 members (excludes halogenated alkanes) is 1. The highest BCUT2D eigenvalue weighted by molar-refractivity contribution is 5.90. The van der Waals surface area contributed by atoms with Gasteiger partial charge in [0.1, 0.15) is 6.61 Å². The molecule has 0 atom stereocenters. The van der Waals surface area contributed by atoms with Crippen LogP contribution in [0.25, 0.3) is 0 Å². The van der Waals surface area contributed by atoms with Crippen molar-refractivity contribution in [1.29, 1.82) is 0 Å². The number of carbonyl (C=O) groups is 1. The second kappa shape index (κ2) is 8.83. The summed E-state index contributed by atoms with van der Waals surface area (Å²) in [6, 6.07) is 14.7. The van der Waals surface area contributed by atoms with E-state index in [2.05, 4.69) is 6.92 Å². The Morgan fingerprint density at radius 3 is 2.52 bits per heavy atom. The van der Waals surface area contributed by atoms with E-state index in [4.69, 9.17) is 14.2 Å². The van der Waals surface area contributed by atoms with E-state index in [1.165, 1.54) is 0 Å². The fourth-order valence-electron chi connectivity index (χ4n) is 2.05. The van der Waals surface area contributed by atoms with E-state index in [-0.39, 0.29) is 12.6 Å². The van der Waals surface area contributed by atoms with Gasteiger partial charge in [0, 0.05) is 0 Å². The third kappa shape index (κ3) is 5.02. The van der Waals surface area contributed by atoms with E-state index in [0.29, 0.717) is 23.7 Å². The lowest BCUT2D eigenvalue weighted by Crippen LogP contribution is -2.06. The molecule has 4 nitrogen and oxygen atoms in total. The van der Waals surface area contributed by atoms with Gasteiger partial charge in [0.2, 0.25) is 0 Å². The molecule has 122 valence electrons. The number of methoxy groups -OCH3 is 1. The molecule has 4 heteroatoms. The molecule has 0 aliphatic heterocycles. The molecule has 0 amide bonds. The third-order valence-corrected chi connectivity index (χ3v) is 3.37. The van der Waals surface area contributed by atoms with E-state index in [0.717, 1.165) is 18.4 Å². The lowest BCUT2D eigenvalue weighted by Gasteiger charge is -2.12. The normalized spacial score (nSPS) is 10.2. The SMILES string of the molecule is CCCCOc1ccc(C(=O)OCc2ccccc2)cc1OC. The minimum Gasteiger partial charge on any atom is -0.493 e. The molecule has 0 aliphatic rings. The lowest BCUT2D eigenvalue weighted by molar-refractivity contribution is 0.0472. The average molecular weight is 314 g/mol. The predicted molar refractivity (Wildman–Crippen MR) is 89.0 cm³/mol. The molecule has 2 aromatic rings. The van der Waals surface area contributed by atoms with Crippen LogP contribution in [0.2, 0.25) is 0 Å². The first kappa shape index (κ1) is 16.9. The van der Waals surface area contributed by atoms with Gasteiger partial charge in [0.25, 0.3) is 0 Å². The molecule has 2 rings (SSSR count). The van der Waals surface area contributed by atoms with Gasteiger partial charge in [-0.15, -0.1) is 0 Å². The second-order valence-corrected chi connectivity index (χ2v) is 5.13. The fourth-order valence-corrected chi connectivity index (χ4v) is 2.05. The first-order valence-corrected chi connectivity index (χ1v) is 7.76. The van der Waals surface area contributed by atoms with Crippen LogP contribution >= 0.6 is 0 Å². The zero-order valence-electron chi connectivity index (χ0n) is 13.6. The van der Waals surface area contributed by atoms with Gasteiger partial charge in [-0.2, -0.15) is 0 Å². The Hall–Kier alpha value is -2.49. The summed E-state index contributed by atoms with van der Waals surface area (Å²) in [6.07, 6.45) is 2.04. The number of benzene rings is 2. The zero-order valence-corrected chi connectivity index (χ0v) is 13.6. The predicted octanol–water partition coefficient (Wildman–Crippen LogP) is 4.23. The van der Waals surface area contributed by atoms with E-state index < -0.39 is 0 Å². The molecule has 2 aromatic carbocycles. The van der Waals surface area contributed by atoms with Crippen LogP contribution in [0, 0.1) is 0 Å². The molecule has 0 unspecified atom stereocenters. The molecule has 0 aromatic heterocycles. The van der Waals surface area contributed by atoms with Crippen LogP contribution in [-0.4, -0.2) is 19.7 Å². The maximum absolute atomic E-state index is 12.1. The summed E-state index contributed by atoms with van der Waals surface area (Å²) in [5.41, 5.74) is 1.40. The summed E-state index contributed by atoms with van der Waals surface area (Å²) in [4.78, 5) is 12.1. The highest BCUT2D eigenvalue weighted by Gasteiger charge is 2.12. The van der Waals surface area contributed by atoms with Crippen LogP contribution in [0.1, 0.15) is 35.7 Å². The lowest BCUT2D eigenvalue weighted by atomic mass is 10.2. The number of hydrogen-bond acceptors (Lipinski definition) is 4. The van der Waals surface area contributed by atoms with Gasteiger partial charge in [0.05, 0.1) is 19.3 Å². The molecule has 0 heterocycles. The largest absolute Gasteiger partial charge is 0.493 e. The smallest absolute Gasteiger partial charge is 0.338 e. The Labute approximate surface area is 137 Å². The molecule has 0 saturated carbocycles. The molecule has 0 N–H and O–H groups in total. The molecule has 0 spiro atoms. The van der Waals surface area contributed by atoms with Crippen LogP contribution in [0.4, 0.5) is 0 Å². The Kier molecular flexibility index (Phi) is 6.48. The van der Waals surface area contributed by atoms with Crippen LogP contribution in [-0.2, 0) is 11.3 Å². The van der Waals surface area contributed by atoms with Gasteiger partial charge in [-0.05, 0) is 30.2 Å². The van der Waals surface area contributed by atoms with Crippen LogP contribution < -0.4 is 9.47 Å². The van der Waals surface area contributed by atoms with E-state index in [1.807, 2.05) is 30.3 Å². The van der Waals surface area contributed by atoms with Crippen LogP contribution in [0.15, 0.2) is 48.5 Å². The topological polar surface area (TPSA) is 44.8 Å². The van der Waals surface area contributed by atoms with Crippen molar-refractivity contribution in [2.24, 2.45) is 0 Å². The van der Waals surface area contributed by atoms with Crippen molar-refractivity contribution >= 4 is 5.97 Å².